The average molecular weight is 285 g/mol. The van der Waals surface area contributed by atoms with Crippen molar-refractivity contribution in [3.05, 3.63) is 60.2 Å². The third-order valence-electron chi connectivity index (χ3n) is 3.75. The minimum absolute atomic E-state index is 0.0238. The van der Waals surface area contributed by atoms with Crippen LogP contribution in [0.25, 0.3) is 0 Å². The van der Waals surface area contributed by atoms with Crippen LogP contribution in [0.1, 0.15) is 18.0 Å². The second kappa shape index (κ2) is 6.16. The maximum atomic E-state index is 9.41. The van der Waals surface area contributed by atoms with Crippen LogP contribution in [-0.2, 0) is 4.84 Å². The molecule has 3 rings (SSSR count). The Labute approximate surface area is 124 Å². The summed E-state index contributed by atoms with van der Waals surface area (Å²) in [6.45, 7) is 0.0238. The van der Waals surface area contributed by atoms with Crippen molar-refractivity contribution in [2.24, 2.45) is 0 Å². The second-order valence-electron chi connectivity index (χ2n) is 5.10. The highest BCUT2D eigenvalue weighted by Crippen LogP contribution is 2.38. The zero-order valence-corrected chi connectivity index (χ0v) is 12.0. The number of hydrogen-bond acceptors (Lipinski definition) is 4. The van der Waals surface area contributed by atoms with Crippen LogP contribution in [0.3, 0.4) is 0 Å². The van der Waals surface area contributed by atoms with Crippen molar-refractivity contribution in [3.63, 3.8) is 0 Å². The van der Waals surface area contributed by atoms with Crippen LogP contribution in [0, 0.1) is 0 Å². The molecule has 0 unspecified atom stereocenters. The molecule has 2 aromatic rings. The van der Waals surface area contributed by atoms with Gasteiger partial charge in [0.25, 0.3) is 0 Å². The molecule has 0 aliphatic carbocycles. The maximum absolute atomic E-state index is 9.41. The number of aliphatic hydroxyl groups is 1. The van der Waals surface area contributed by atoms with Gasteiger partial charge in [-0.05, 0) is 29.8 Å². The number of anilines is 1. The number of aliphatic hydroxyl groups excluding tert-OH is 1. The van der Waals surface area contributed by atoms with E-state index in [1.807, 2.05) is 59.7 Å². The lowest BCUT2D eigenvalue weighted by Crippen LogP contribution is -2.22. The molecule has 1 saturated heterocycles. The van der Waals surface area contributed by atoms with E-state index in [1.54, 1.807) is 7.11 Å². The van der Waals surface area contributed by atoms with Gasteiger partial charge in [-0.25, -0.2) is 5.06 Å². The summed E-state index contributed by atoms with van der Waals surface area (Å²) in [6.07, 6.45) is 0.592. The van der Waals surface area contributed by atoms with E-state index in [9.17, 15) is 5.11 Å². The number of nitrogens with zero attached hydrogens (tertiary/aromatic N) is 1. The van der Waals surface area contributed by atoms with Gasteiger partial charge in [0, 0.05) is 6.42 Å². The number of rotatable bonds is 4. The third kappa shape index (κ3) is 2.86. The quantitative estimate of drug-likeness (QED) is 0.938. The van der Waals surface area contributed by atoms with E-state index in [0.717, 1.165) is 23.4 Å². The number of ether oxygens (including phenoxy) is 1. The number of benzene rings is 2. The topological polar surface area (TPSA) is 41.9 Å². The Bertz CT molecular complexity index is 570. The van der Waals surface area contributed by atoms with E-state index in [0.29, 0.717) is 0 Å². The average Bonchev–Trinajstić information content (AvgIpc) is 3.00. The van der Waals surface area contributed by atoms with Crippen molar-refractivity contribution < 1.29 is 14.7 Å². The van der Waals surface area contributed by atoms with Gasteiger partial charge in [0.2, 0.25) is 0 Å². The molecule has 2 atom stereocenters. The molecular weight excluding hydrogens is 266 g/mol. The fourth-order valence-electron chi connectivity index (χ4n) is 2.64. The third-order valence-corrected chi connectivity index (χ3v) is 3.75. The number of hydroxylamine groups is 1. The summed E-state index contributed by atoms with van der Waals surface area (Å²) in [7, 11) is 1.66. The highest BCUT2D eigenvalue weighted by atomic mass is 16.7. The van der Waals surface area contributed by atoms with Gasteiger partial charge in [0.15, 0.2) is 0 Å². The zero-order chi connectivity index (χ0) is 14.7. The lowest BCUT2D eigenvalue weighted by Gasteiger charge is -2.25. The number of para-hydroxylation sites is 1. The minimum atomic E-state index is -0.169. The Kier molecular flexibility index (Phi) is 4.08. The SMILES string of the molecule is COc1ccc([C@H]2C[C@@H](CO)ON2c2ccccc2)cc1. The Morgan fingerprint density at radius 3 is 2.48 bits per heavy atom. The lowest BCUT2D eigenvalue weighted by molar-refractivity contribution is 0.0406. The molecule has 1 aliphatic rings. The molecule has 4 nitrogen and oxygen atoms in total. The molecule has 1 fully saturated rings. The maximum Gasteiger partial charge on any atom is 0.118 e. The first-order valence-corrected chi connectivity index (χ1v) is 7.07. The molecule has 1 N–H and O–H groups in total. The minimum Gasteiger partial charge on any atom is -0.497 e. The summed E-state index contributed by atoms with van der Waals surface area (Å²) in [5, 5.41) is 11.3. The monoisotopic (exact) mass is 285 g/mol. The van der Waals surface area contributed by atoms with Gasteiger partial charge in [-0.3, -0.25) is 4.84 Å². The van der Waals surface area contributed by atoms with Crippen LogP contribution in [-0.4, -0.2) is 24.9 Å². The van der Waals surface area contributed by atoms with Gasteiger partial charge >= 0.3 is 0 Å². The van der Waals surface area contributed by atoms with Gasteiger partial charge in [0.05, 0.1) is 25.4 Å². The molecule has 0 bridgehead atoms. The smallest absolute Gasteiger partial charge is 0.118 e. The van der Waals surface area contributed by atoms with Crippen LogP contribution in [0.4, 0.5) is 5.69 Å². The van der Waals surface area contributed by atoms with Gasteiger partial charge in [0.1, 0.15) is 11.9 Å². The molecule has 0 amide bonds. The van der Waals surface area contributed by atoms with Crippen molar-refractivity contribution >= 4 is 5.69 Å². The molecule has 2 aromatic carbocycles. The van der Waals surface area contributed by atoms with Crippen molar-refractivity contribution in [3.8, 4) is 5.75 Å². The highest BCUT2D eigenvalue weighted by molar-refractivity contribution is 5.47. The Hall–Kier alpha value is -2.04. The molecule has 0 aromatic heterocycles. The van der Waals surface area contributed by atoms with Gasteiger partial charge in [-0.2, -0.15) is 0 Å². The number of methoxy groups -OCH3 is 1. The van der Waals surface area contributed by atoms with Crippen LogP contribution in [0.2, 0.25) is 0 Å². The van der Waals surface area contributed by atoms with E-state index in [4.69, 9.17) is 9.57 Å². The summed E-state index contributed by atoms with van der Waals surface area (Å²) in [5.41, 5.74) is 2.14. The van der Waals surface area contributed by atoms with Crippen LogP contribution in [0.15, 0.2) is 54.6 Å². The van der Waals surface area contributed by atoms with Crippen LogP contribution >= 0.6 is 0 Å². The van der Waals surface area contributed by atoms with Crippen molar-refractivity contribution in [2.45, 2.75) is 18.6 Å². The summed E-state index contributed by atoms with van der Waals surface area (Å²) in [4.78, 5) is 5.87. The predicted molar refractivity (Wildman–Crippen MR) is 81.2 cm³/mol. The predicted octanol–water partition coefficient (Wildman–Crippen LogP) is 2.94. The molecule has 0 saturated carbocycles. The molecule has 1 aliphatic heterocycles. The zero-order valence-electron chi connectivity index (χ0n) is 12.0. The Balaban J connectivity index is 1.89. The highest BCUT2D eigenvalue weighted by Gasteiger charge is 2.34. The van der Waals surface area contributed by atoms with Crippen molar-refractivity contribution in [2.75, 3.05) is 18.8 Å². The standard InChI is InChI=1S/C17H19NO3/c1-20-15-9-7-13(8-10-15)17-11-16(12-19)21-18(17)14-5-3-2-4-6-14/h2-10,16-17,19H,11-12H2,1H3/t16-,17+/m0/s1. The first kappa shape index (κ1) is 13.9. The lowest BCUT2D eigenvalue weighted by atomic mass is 10.0. The molecule has 4 heteroatoms. The van der Waals surface area contributed by atoms with E-state index < -0.39 is 0 Å². The van der Waals surface area contributed by atoms with Crippen LogP contribution in [0.5, 0.6) is 5.75 Å². The van der Waals surface area contributed by atoms with Gasteiger partial charge in [-0.15, -0.1) is 0 Å². The Morgan fingerprint density at radius 2 is 1.86 bits per heavy atom. The molecular formula is C17H19NO3. The largest absolute Gasteiger partial charge is 0.497 e. The second-order valence-corrected chi connectivity index (χ2v) is 5.10. The fraction of sp³-hybridized carbons (Fsp3) is 0.294. The van der Waals surface area contributed by atoms with E-state index >= 15 is 0 Å². The molecule has 110 valence electrons. The molecule has 1 heterocycles. The normalized spacial score (nSPS) is 21.5. The Morgan fingerprint density at radius 1 is 1.14 bits per heavy atom. The summed E-state index contributed by atoms with van der Waals surface area (Å²) >= 11 is 0. The van der Waals surface area contributed by atoms with Gasteiger partial charge < -0.3 is 9.84 Å². The number of hydrogen-bond donors (Lipinski definition) is 1. The first-order valence-electron chi connectivity index (χ1n) is 7.07. The summed E-state index contributed by atoms with van der Waals surface area (Å²) in [5.74, 6) is 0.836. The van der Waals surface area contributed by atoms with Crippen molar-refractivity contribution in [1.82, 2.24) is 0 Å². The van der Waals surface area contributed by atoms with E-state index in [-0.39, 0.29) is 18.8 Å². The molecule has 0 radical (unpaired) electrons. The van der Waals surface area contributed by atoms with E-state index in [1.165, 1.54) is 0 Å². The van der Waals surface area contributed by atoms with Crippen LogP contribution < -0.4 is 9.80 Å². The summed E-state index contributed by atoms with van der Waals surface area (Å²) in [6, 6.07) is 18.0. The molecule has 0 spiro atoms. The van der Waals surface area contributed by atoms with E-state index in [2.05, 4.69) is 0 Å². The first-order chi connectivity index (χ1) is 10.3. The fourth-order valence-corrected chi connectivity index (χ4v) is 2.64. The van der Waals surface area contributed by atoms with Gasteiger partial charge in [-0.1, -0.05) is 30.3 Å². The molecule has 21 heavy (non-hydrogen) atoms. The summed E-state index contributed by atoms with van der Waals surface area (Å²) < 4.78 is 5.20. The van der Waals surface area contributed by atoms with Crippen molar-refractivity contribution in [1.29, 1.82) is 0 Å².